The zero-order valence-corrected chi connectivity index (χ0v) is 13.5. The van der Waals surface area contributed by atoms with Gasteiger partial charge in [-0.1, -0.05) is 23.7 Å². The minimum absolute atomic E-state index is 0.0592. The maximum absolute atomic E-state index is 12.7. The molecule has 1 aliphatic heterocycles. The van der Waals surface area contributed by atoms with Gasteiger partial charge >= 0.3 is 0 Å². The van der Waals surface area contributed by atoms with Gasteiger partial charge in [-0.05, 0) is 31.5 Å². The Kier molecular flexibility index (Phi) is 4.60. The van der Waals surface area contributed by atoms with Crippen LogP contribution in [0.1, 0.15) is 28.8 Å². The molecule has 116 valence electrons. The first kappa shape index (κ1) is 15.3. The Bertz CT molecular complexity index is 667. The minimum Gasteiger partial charge on any atom is -0.298 e. The Balaban J connectivity index is 1.66. The van der Waals surface area contributed by atoms with E-state index in [2.05, 4.69) is 10.00 Å². The zero-order chi connectivity index (χ0) is 15.5. The lowest BCUT2D eigenvalue weighted by Crippen LogP contribution is -2.38. The molecule has 2 heterocycles. The first-order valence-electron chi connectivity index (χ1n) is 7.61. The summed E-state index contributed by atoms with van der Waals surface area (Å²) in [6.07, 6.45) is 5.93. The van der Waals surface area contributed by atoms with E-state index in [0.717, 1.165) is 38.0 Å². The van der Waals surface area contributed by atoms with Crippen molar-refractivity contribution in [2.45, 2.75) is 19.4 Å². The van der Waals surface area contributed by atoms with Crippen molar-refractivity contribution < 1.29 is 4.79 Å². The van der Waals surface area contributed by atoms with Crippen molar-refractivity contribution in [3.63, 3.8) is 0 Å². The minimum atomic E-state index is 0.0592. The number of carbonyl (C=O) groups excluding carboxylic acids is 1. The van der Waals surface area contributed by atoms with E-state index in [9.17, 15) is 4.79 Å². The van der Waals surface area contributed by atoms with Gasteiger partial charge in [-0.3, -0.25) is 14.4 Å². The van der Waals surface area contributed by atoms with Crippen LogP contribution in [0.4, 0.5) is 0 Å². The molecule has 1 saturated heterocycles. The van der Waals surface area contributed by atoms with Crippen LogP contribution in [0.5, 0.6) is 0 Å². The molecule has 1 aromatic heterocycles. The fraction of sp³-hybridized carbons (Fsp3) is 0.412. The van der Waals surface area contributed by atoms with E-state index >= 15 is 0 Å². The molecule has 0 bridgehead atoms. The molecule has 0 saturated carbocycles. The Morgan fingerprint density at radius 2 is 2.32 bits per heavy atom. The van der Waals surface area contributed by atoms with Gasteiger partial charge in [0.2, 0.25) is 0 Å². The number of ketones is 1. The van der Waals surface area contributed by atoms with E-state index in [-0.39, 0.29) is 11.7 Å². The number of rotatable bonds is 4. The Morgan fingerprint density at radius 3 is 3.05 bits per heavy atom. The molecule has 0 unspecified atom stereocenters. The Hall–Kier alpha value is -1.65. The van der Waals surface area contributed by atoms with E-state index < -0.39 is 0 Å². The second kappa shape index (κ2) is 6.63. The van der Waals surface area contributed by atoms with Crippen molar-refractivity contribution in [3.8, 4) is 0 Å². The van der Waals surface area contributed by atoms with E-state index in [4.69, 9.17) is 11.6 Å². The summed E-state index contributed by atoms with van der Waals surface area (Å²) in [7, 11) is 1.92. The molecule has 0 N–H and O–H groups in total. The molecule has 0 radical (unpaired) electrons. The largest absolute Gasteiger partial charge is 0.298 e. The predicted octanol–water partition coefficient (Wildman–Crippen LogP) is 3.17. The molecular weight excluding hydrogens is 298 g/mol. The molecule has 22 heavy (non-hydrogen) atoms. The molecule has 1 atom stereocenters. The van der Waals surface area contributed by atoms with Crippen LogP contribution in [0.3, 0.4) is 0 Å². The number of halogens is 1. The third-order valence-corrected chi connectivity index (χ3v) is 4.39. The number of nitrogens with zero attached hydrogens (tertiary/aromatic N) is 3. The van der Waals surface area contributed by atoms with Crippen molar-refractivity contribution in [2.75, 3.05) is 13.1 Å². The van der Waals surface area contributed by atoms with Gasteiger partial charge in [0.25, 0.3) is 0 Å². The second-order valence-electron chi connectivity index (χ2n) is 5.97. The molecule has 1 aromatic carbocycles. The van der Waals surface area contributed by atoms with Crippen LogP contribution >= 0.6 is 11.6 Å². The fourth-order valence-electron chi connectivity index (χ4n) is 3.10. The van der Waals surface area contributed by atoms with Crippen LogP contribution in [-0.2, 0) is 13.6 Å². The lowest BCUT2D eigenvalue weighted by atomic mass is 9.90. The highest BCUT2D eigenvalue weighted by Crippen LogP contribution is 2.23. The fourth-order valence-corrected chi connectivity index (χ4v) is 3.29. The average molecular weight is 318 g/mol. The summed E-state index contributed by atoms with van der Waals surface area (Å²) in [6, 6.07) is 7.26. The number of hydrogen-bond donors (Lipinski definition) is 0. The number of aryl methyl sites for hydroxylation is 1. The summed E-state index contributed by atoms with van der Waals surface area (Å²) >= 11 is 5.99. The second-order valence-corrected chi connectivity index (χ2v) is 6.41. The molecule has 0 spiro atoms. The molecule has 0 amide bonds. The van der Waals surface area contributed by atoms with Crippen molar-refractivity contribution in [2.24, 2.45) is 13.0 Å². The first-order chi connectivity index (χ1) is 10.6. The molecule has 1 aliphatic rings. The molecule has 4 nitrogen and oxygen atoms in total. The monoisotopic (exact) mass is 317 g/mol. The standard InChI is InChI=1S/C17H20ClN3O/c1-20-10-13(9-19-20)11-21-7-3-5-15(12-21)17(22)14-4-2-6-16(18)8-14/h2,4,6,8-10,15H,3,5,7,11-12H2,1H3/t15-/m0/s1. The molecule has 5 heteroatoms. The summed E-state index contributed by atoms with van der Waals surface area (Å²) in [6.45, 7) is 2.70. The summed E-state index contributed by atoms with van der Waals surface area (Å²) in [5.74, 6) is 0.266. The maximum Gasteiger partial charge on any atom is 0.167 e. The molecule has 0 aliphatic carbocycles. The first-order valence-corrected chi connectivity index (χ1v) is 7.99. The van der Waals surface area contributed by atoms with Crippen LogP contribution in [0, 0.1) is 5.92 Å². The number of benzene rings is 1. The molecule has 3 rings (SSSR count). The number of carbonyl (C=O) groups is 1. The van der Waals surface area contributed by atoms with Gasteiger partial charge in [-0.2, -0.15) is 5.10 Å². The average Bonchev–Trinajstić information content (AvgIpc) is 2.92. The van der Waals surface area contributed by atoms with E-state index in [1.165, 1.54) is 5.56 Å². The van der Waals surface area contributed by atoms with Crippen molar-refractivity contribution in [3.05, 3.63) is 52.8 Å². The SMILES string of the molecule is Cn1cc(CN2CCC[C@H](C(=O)c3cccc(Cl)c3)C2)cn1. The number of likely N-dealkylation sites (tertiary alicyclic amines) is 1. The number of Topliss-reactive ketones (excluding diaryl/α,β-unsaturated/α-hetero) is 1. The van der Waals surface area contributed by atoms with Crippen molar-refractivity contribution in [1.82, 2.24) is 14.7 Å². The van der Waals surface area contributed by atoms with Crippen molar-refractivity contribution in [1.29, 1.82) is 0 Å². The van der Waals surface area contributed by atoms with Gasteiger partial charge in [-0.25, -0.2) is 0 Å². The highest BCUT2D eigenvalue weighted by molar-refractivity contribution is 6.31. The van der Waals surface area contributed by atoms with E-state index in [1.54, 1.807) is 12.1 Å². The summed E-state index contributed by atoms with van der Waals surface area (Å²) in [5, 5.41) is 4.82. The zero-order valence-electron chi connectivity index (χ0n) is 12.7. The van der Waals surface area contributed by atoms with Crippen LogP contribution in [0.25, 0.3) is 0 Å². The topological polar surface area (TPSA) is 38.1 Å². The van der Waals surface area contributed by atoms with Crippen LogP contribution in [-0.4, -0.2) is 33.6 Å². The maximum atomic E-state index is 12.7. The lowest BCUT2D eigenvalue weighted by Gasteiger charge is -2.31. The van der Waals surface area contributed by atoms with Crippen LogP contribution in [0.15, 0.2) is 36.7 Å². The van der Waals surface area contributed by atoms with Crippen LogP contribution in [0.2, 0.25) is 5.02 Å². The van der Waals surface area contributed by atoms with E-state index in [0.29, 0.717) is 5.02 Å². The van der Waals surface area contributed by atoms with Gasteiger partial charge in [0.15, 0.2) is 5.78 Å². The lowest BCUT2D eigenvalue weighted by molar-refractivity contribution is 0.0811. The summed E-state index contributed by atoms with van der Waals surface area (Å²) in [4.78, 5) is 15.0. The highest BCUT2D eigenvalue weighted by Gasteiger charge is 2.26. The van der Waals surface area contributed by atoms with Gasteiger partial charge in [-0.15, -0.1) is 0 Å². The number of hydrogen-bond acceptors (Lipinski definition) is 3. The third-order valence-electron chi connectivity index (χ3n) is 4.15. The Labute approximate surface area is 135 Å². The third kappa shape index (κ3) is 3.57. The van der Waals surface area contributed by atoms with Gasteiger partial charge in [0.1, 0.15) is 0 Å². The number of piperidine rings is 1. The quantitative estimate of drug-likeness (QED) is 0.813. The highest BCUT2D eigenvalue weighted by atomic mass is 35.5. The van der Waals surface area contributed by atoms with Gasteiger partial charge < -0.3 is 0 Å². The molecular formula is C17H20ClN3O. The molecule has 1 fully saturated rings. The van der Waals surface area contributed by atoms with Crippen LogP contribution < -0.4 is 0 Å². The molecule has 2 aromatic rings. The predicted molar refractivity (Wildman–Crippen MR) is 87.0 cm³/mol. The summed E-state index contributed by atoms with van der Waals surface area (Å²) in [5.41, 5.74) is 1.92. The normalized spacial score (nSPS) is 19.3. The Morgan fingerprint density at radius 1 is 1.45 bits per heavy atom. The van der Waals surface area contributed by atoms with Gasteiger partial charge in [0, 0.05) is 48.4 Å². The van der Waals surface area contributed by atoms with Crippen molar-refractivity contribution >= 4 is 17.4 Å². The van der Waals surface area contributed by atoms with Gasteiger partial charge in [0.05, 0.1) is 6.20 Å². The summed E-state index contributed by atoms with van der Waals surface area (Å²) < 4.78 is 1.81. The van der Waals surface area contributed by atoms with E-state index in [1.807, 2.05) is 36.3 Å². The number of aromatic nitrogens is 2. The smallest absolute Gasteiger partial charge is 0.167 e.